The van der Waals surface area contributed by atoms with Crippen molar-refractivity contribution in [2.45, 2.75) is 6.92 Å². The SMILES string of the molecule is Cc1cc(F)cc(-c2cncc(O)c2)c1. The van der Waals surface area contributed by atoms with Crippen LogP contribution in [0.2, 0.25) is 0 Å². The molecule has 1 heterocycles. The molecule has 1 aromatic heterocycles. The summed E-state index contributed by atoms with van der Waals surface area (Å²) >= 11 is 0. The highest BCUT2D eigenvalue weighted by Crippen LogP contribution is 2.23. The van der Waals surface area contributed by atoms with E-state index in [-0.39, 0.29) is 11.6 Å². The minimum atomic E-state index is -0.284. The zero-order chi connectivity index (χ0) is 10.8. The van der Waals surface area contributed by atoms with Gasteiger partial charge in [0.05, 0.1) is 6.20 Å². The predicted molar refractivity (Wildman–Crippen MR) is 56.0 cm³/mol. The zero-order valence-corrected chi connectivity index (χ0v) is 8.24. The van der Waals surface area contributed by atoms with Crippen molar-refractivity contribution >= 4 is 0 Å². The Kier molecular flexibility index (Phi) is 2.37. The van der Waals surface area contributed by atoms with E-state index < -0.39 is 0 Å². The van der Waals surface area contributed by atoms with Gasteiger partial charge in [-0.15, -0.1) is 0 Å². The second kappa shape index (κ2) is 3.69. The van der Waals surface area contributed by atoms with Crippen molar-refractivity contribution in [1.29, 1.82) is 0 Å². The predicted octanol–water partition coefficient (Wildman–Crippen LogP) is 2.90. The van der Waals surface area contributed by atoms with Crippen molar-refractivity contribution in [3.8, 4) is 16.9 Å². The van der Waals surface area contributed by atoms with Crippen molar-refractivity contribution in [2.75, 3.05) is 0 Å². The molecule has 0 saturated carbocycles. The summed E-state index contributed by atoms with van der Waals surface area (Å²) in [5.41, 5.74) is 2.27. The lowest BCUT2D eigenvalue weighted by atomic mass is 10.1. The van der Waals surface area contributed by atoms with Gasteiger partial charge in [-0.05, 0) is 36.2 Å². The van der Waals surface area contributed by atoms with Crippen molar-refractivity contribution < 1.29 is 9.50 Å². The first-order chi connectivity index (χ1) is 7.15. The van der Waals surface area contributed by atoms with Crippen LogP contribution in [0.3, 0.4) is 0 Å². The molecule has 0 bridgehead atoms. The summed E-state index contributed by atoms with van der Waals surface area (Å²) in [4.78, 5) is 3.85. The molecule has 0 aliphatic rings. The Labute approximate surface area is 87.0 Å². The Hall–Kier alpha value is -1.90. The monoisotopic (exact) mass is 203 g/mol. The van der Waals surface area contributed by atoms with Crippen molar-refractivity contribution in [3.05, 3.63) is 48.0 Å². The highest BCUT2D eigenvalue weighted by atomic mass is 19.1. The molecule has 0 unspecified atom stereocenters. The van der Waals surface area contributed by atoms with E-state index >= 15 is 0 Å². The van der Waals surface area contributed by atoms with Crippen LogP contribution in [0.1, 0.15) is 5.56 Å². The zero-order valence-electron chi connectivity index (χ0n) is 8.24. The van der Waals surface area contributed by atoms with Crippen molar-refractivity contribution in [3.63, 3.8) is 0 Å². The minimum absolute atomic E-state index is 0.0782. The second-order valence-electron chi connectivity index (χ2n) is 3.45. The molecule has 0 saturated heterocycles. The summed E-state index contributed by atoms with van der Waals surface area (Å²) in [5.74, 6) is -0.206. The molecule has 1 N–H and O–H groups in total. The number of aromatic nitrogens is 1. The molecule has 2 aromatic rings. The molecule has 0 aliphatic heterocycles. The number of aryl methyl sites for hydroxylation is 1. The van der Waals surface area contributed by atoms with Gasteiger partial charge in [0, 0.05) is 11.8 Å². The number of aromatic hydroxyl groups is 1. The van der Waals surface area contributed by atoms with Gasteiger partial charge < -0.3 is 5.11 Å². The maximum absolute atomic E-state index is 13.1. The quantitative estimate of drug-likeness (QED) is 0.773. The third-order valence-corrected chi connectivity index (χ3v) is 2.10. The highest BCUT2D eigenvalue weighted by Gasteiger charge is 2.02. The molecule has 2 nitrogen and oxygen atoms in total. The summed E-state index contributed by atoms with van der Waals surface area (Å²) in [6, 6.07) is 6.28. The minimum Gasteiger partial charge on any atom is -0.506 e. The van der Waals surface area contributed by atoms with Crippen LogP contribution in [-0.4, -0.2) is 10.1 Å². The fourth-order valence-corrected chi connectivity index (χ4v) is 1.49. The molecule has 0 radical (unpaired) electrons. The summed E-state index contributed by atoms with van der Waals surface area (Å²) in [6.07, 6.45) is 2.93. The van der Waals surface area contributed by atoms with Gasteiger partial charge in [-0.1, -0.05) is 6.07 Å². The Balaban J connectivity index is 2.54. The number of hydrogen-bond acceptors (Lipinski definition) is 2. The molecule has 3 heteroatoms. The van der Waals surface area contributed by atoms with Gasteiger partial charge in [-0.3, -0.25) is 4.98 Å². The number of halogens is 1. The van der Waals surface area contributed by atoms with Gasteiger partial charge in [-0.2, -0.15) is 0 Å². The fraction of sp³-hybridized carbons (Fsp3) is 0.0833. The van der Waals surface area contributed by atoms with E-state index in [1.165, 1.54) is 18.3 Å². The number of rotatable bonds is 1. The number of nitrogens with zero attached hydrogens (tertiary/aromatic N) is 1. The average Bonchev–Trinajstić information content (AvgIpc) is 2.16. The summed E-state index contributed by atoms with van der Waals surface area (Å²) in [5, 5.41) is 9.26. The van der Waals surface area contributed by atoms with Crippen LogP contribution < -0.4 is 0 Å². The van der Waals surface area contributed by atoms with Gasteiger partial charge in [0.2, 0.25) is 0 Å². The molecule has 0 amide bonds. The van der Waals surface area contributed by atoms with E-state index in [9.17, 15) is 9.50 Å². The Morgan fingerprint density at radius 2 is 1.87 bits per heavy atom. The van der Waals surface area contributed by atoms with E-state index in [2.05, 4.69) is 4.98 Å². The Morgan fingerprint density at radius 3 is 2.53 bits per heavy atom. The lowest BCUT2D eigenvalue weighted by molar-refractivity contribution is 0.473. The summed E-state index contributed by atoms with van der Waals surface area (Å²) in [6.45, 7) is 1.82. The van der Waals surface area contributed by atoms with E-state index in [0.29, 0.717) is 5.56 Å². The third-order valence-electron chi connectivity index (χ3n) is 2.10. The van der Waals surface area contributed by atoms with Crippen LogP contribution in [0.5, 0.6) is 5.75 Å². The van der Waals surface area contributed by atoms with E-state index in [1.807, 2.05) is 13.0 Å². The first-order valence-electron chi connectivity index (χ1n) is 4.57. The molecule has 0 fully saturated rings. The van der Waals surface area contributed by atoms with Gasteiger partial charge in [0.25, 0.3) is 0 Å². The van der Waals surface area contributed by atoms with E-state index in [4.69, 9.17) is 0 Å². The van der Waals surface area contributed by atoms with E-state index in [0.717, 1.165) is 11.1 Å². The summed E-state index contributed by atoms with van der Waals surface area (Å²) < 4.78 is 13.1. The molecular formula is C12H10FNO. The van der Waals surface area contributed by atoms with Crippen LogP contribution in [0.25, 0.3) is 11.1 Å². The maximum atomic E-state index is 13.1. The van der Waals surface area contributed by atoms with Crippen LogP contribution in [0.4, 0.5) is 4.39 Å². The molecular weight excluding hydrogens is 193 g/mol. The third kappa shape index (κ3) is 2.13. The Bertz CT molecular complexity index is 476. The number of hydrogen-bond donors (Lipinski definition) is 1. The van der Waals surface area contributed by atoms with Gasteiger partial charge >= 0.3 is 0 Å². The van der Waals surface area contributed by atoms with Gasteiger partial charge in [0.1, 0.15) is 11.6 Å². The maximum Gasteiger partial charge on any atom is 0.134 e. The Morgan fingerprint density at radius 1 is 1.07 bits per heavy atom. The molecule has 1 aromatic carbocycles. The van der Waals surface area contributed by atoms with Crippen molar-refractivity contribution in [2.24, 2.45) is 0 Å². The number of benzene rings is 1. The molecule has 76 valence electrons. The molecule has 0 atom stereocenters. The highest BCUT2D eigenvalue weighted by molar-refractivity contribution is 5.64. The lowest BCUT2D eigenvalue weighted by Crippen LogP contribution is -1.84. The second-order valence-corrected chi connectivity index (χ2v) is 3.45. The topological polar surface area (TPSA) is 33.1 Å². The first-order valence-corrected chi connectivity index (χ1v) is 4.57. The largest absolute Gasteiger partial charge is 0.506 e. The van der Waals surface area contributed by atoms with Crippen LogP contribution >= 0.6 is 0 Å². The smallest absolute Gasteiger partial charge is 0.134 e. The standard InChI is InChI=1S/C12H10FNO/c1-8-2-9(4-11(13)3-8)10-5-12(15)7-14-6-10/h2-7,15H,1H3. The lowest BCUT2D eigenvalue weighted by Gasteiger charge is -2.03. The average molecular weight is 203 g/mol. The summed E-state index contributed by atoms with van der Waals surface area (Å²) in [7, 11) is 0. The van der Waals surface area contributed by atoms with Crippen LogP contribution in [-0.2, 0) is 0 Å². The first kappa shape index (κ1) is 9.65. The molecule has 15 heavy (non-hydrogen) atoms. The van der Waals surface area contributed by atoms with Crippen LogP contribution in [0, 0.1) is 12.7 Å². The van der Waals surface area contributed by atoms with Crippen molar-refractivity contribution in [1.82, 2.24) is 4.98 Å². The van der Waals surface area contributed by atoms with Gasteiger partial charge in [-0.25, -0.2) is 4.39 Å². The normalized spacial score (nSPS) is 10.3. The van der Waals surface area contributed by atoms with Gasteiger partial charge in [0.15, 0.2) is 0 Å². The van der Waals surface area contributed by atoms with Crippen LogP contribution in [0.15, 0.2) is 36.7 Å². The number of pyridine rings is 1. The molecule has 0 spiro atoms. The fourth-order valence-electron chi connectivity index (χ4n) is 1.49. The molecule has 2 rings (SSSR count). The van der Waals surface area contributed by atoms with E-state index in [1.54, 1.807) is 12.3 Å². The molecule has 0 aliphatic carbocycles.